The first-order valence-electron chi connectivity index (χ1n) is 6.52. The number of anilines is 1. The van der Waals surface area contributed by atoms with Crippen molar-refractivity contribution in [2.75, 3.05) is 18.3 Å². The highest BCUT2D eigenvalue weighted by Crippen LogP contribution is 2.35. The third-order valence-electron chi connectivity index (χ3n) is 3.84. The van der Waals surface area contributed by atoms with Crippen molar-refractivity contribution in [3.63, 3.8) is 0 Å². The number of alkyl halides is 1. The van der Waals surface area contributed by atoms with Crippen LogP contribution in [0.5, 0.6) is 5.88 Å². The molecule has 0 aromatic carbocycles. The van der Waals surface area contributed by atoms with Gasteiger partial charge in [0.05, 0.1) is 12.6 Å². The molecule has 18 heavy (non-hydrogen) atoms. The molecule has 1 aliphatic carbocycles. The van der Waals surface area contributed by atoms with Crippen molar-refractivity contribution >= 4 is 17.3 Å². The van der Waals surface area contributed by atoms with E-state index in [1.807, 2.05) is 12.1 Å². The SMILES string of the molecule is COc1cc(NC2(CCl)CCC(C)CC2)ccn1. The zero-order chi connectivity index (χ0) is 13.0. The number of pyridine rings is 1. The van der Waals surface area contributed by atoms with E-state index in [1.165, 1.54) is 12.8 Å². The van der Waals surface area contributed by atoms with Crippen molar-refractivity contribution in [3.8, 4) is 5.88 Å². The average molecular weight is 269 g/mol. The van der Waals surface area contributed by atoms with Crippen molar-refractivity contribution in [2.45, 2.75) is 38.1 Å². The predicted molar refractivity (Wildman–Crippen MR) is 75.5 cm³/mol. The van der Waals surface area contributed by atoms with Crippen LogP contribution in [0.3, 0.4) is 0 Å². The van der Waals surface area contributed by atoms with Gasteiger partial charge in [-0.2, -0.15) is 0 Å². The van der Waals surface area contributed by atoms with E-state index < -0.39 is 0 Å². The second kappa shape index (κ2) is 5.79. The maximum Gasteiger partial charge on any atom is 0.214 e. The lowest BCUT2D eigenvalue weighted by Crippen LogP contribution is -2.43. The minimum atomic E-state index is 0.0282. The third kappa shape index (κ3) is 3.08. The molecule has 0 spiro atoms. The highest BCUT2D eigenvalue weighted by atomic mass is 35.5. The summed E-state index contributed by atoms with van der Waals surface area (Å²) in [5.41, 5.74) is 1.07. The number of hydrogen-bond acceptors (Lipinski definition) is 3. The molecule has 0 amide bonds. The number of nitrogens with one attached hydrogen (secondary N) is 1. The number of ether oxygens (including phenoxy) is 1. The van der Waals surface area contributed by atoms with Crippen molar-refractivity contribution in [1.29, 1.82) is 0 Å². The van der Waals surface area contributed by atoms with E-state index in [2.05, 4.69) is 17.2 Å². The number of hydrogen-bond donors (Lipinski definition) is 1. The van der Waals surface area contributed by atoms with E-state index >= 15 is 0 Å². The van der Waals surface area contributed by atoms with E-state index in [1.54, 1.807) is 13.3 Å². The van der Waals surface area contributed by atoms with Gasteiger partial charge in [-0.25, -0.2) is 4.98 Å². The van der Waals surface area contributed by atoms with Crippen LogP contribution in [0, 0.1) is 5.92 Å². The van der Waals surface area contributed by atoms with Crippen molar-refractivity contribution in [2.24, 2.45) is 5.92 Å². The smallest absolute Gasteiger partial charge is 0.214 e. The molecule has 0 unspecified atom stereocenters. The van der Waals surface area contributed by atoms with Crippen molar-refractivity contribution in [3.05, 3.63) is 18.3 Å². The predicted octanol–water partition coefficient (Wildman–Crippen LogP) is 3.69. The van der Waals surface area contributed by atoms with Gasteiger partial charge in [-0.1, -0.05) is 6.92 Å². The standard InChI is InChI=1S/C14H21ClN2O/c1-11-3-6-14(10-15,7-4-11)17-12-5-8-16-13(9-12)18-2/h5,8-9,11H,3-4,6-7,10H2,1-2H3,(H,16,17). The van der Waals surface area contributed by atoms with Gasteiger partial charge in [0.1, 0.15) is 0 Å². The lowest BCUT2D eigenvalue weighted by molar-refractivity contribution is 0.287. The molecule has 1 aliphatic rings. The minimum absolute atomic E-state index is 0.0282. The second-order valence-electron chi connectivity index (χ2n) is 5.31. The highest BCUT2D eigenvalue weighted by molar-refractivity contribution is 6.18. The Labute approximate surface area is 114 Å². The summed E-state index contributed by atoms with van der Waals surface area (Å²) in [6, 6.07) is 3.89. The summed E-state index contributed by atoms with van der Waals surface area (Å²) >= 11 is 6.20. The summed E-state index contributed by atoms with van der Waals surface area (Å²) < 4.78 is 5.14. The van der Waals surface area contributed by atoms with Crippen LogP contribution >= 0.6 is 11.6 Å². The van der Waals surface area contributed by atoms with Gasteiger partial charge in [-0.3, -0.25) is 0 Å². The fourth-order valence-corrected chi connectivity index (χ4v) is 2.85. The maximum atomic E-state index is 6.20. The van der Waals surface area contributed by atoms with Crippen LogP contribution in [0.15, 0.2) is 18.3 Å². The van der Waals surface area contributed by atoms with Gasteiger partial charge >= 0.3 is 0 Å². The Balaban J connectivity index is 2.09. The van der Waals surface area contributed by atoms with E-state index in [0.29, 0.717) is 11.8 Å². The van der Waals surface area contributed by atoms with Gasteiger partial charge in [0.15, 0.2) is 0 Å². The van der Waals surface area contributed by atoms with Gasteiger partial charge in [0.25, 0.3) is 0 Å². The fraction of sp³-hybridized carbons (Fsp3) is 0.643. The van der Waals surface area contributed by atoms with Crippen LogP contribution in [0.1, 0.15) is 32.6 Å². The summed E-state index contributed by atoms with van der Waals surface area (Å²) in [4.78, 5) is 4.12. The number of methoxy groups -OCH3 is 1. The first-order chi connectivity index (χ1) is 8.67. The molecule has 0 atom stereocenters. The molecule has 1 aromatic heterocycles. The molecule has 4 heteroatoms. The van der Waals surface area contributed by atoms with Gasteiger partial charge in [0.2, 0.25) is 5.88 Å². The molecular formula is C14H21ClN2O. The molecule has 3 nitrogen and oxygen atoms in total. The zero-order valence-corrected chi connectivity index (χ0v) is 11.8. The molecule has 0 radical (unpaired) electrons. The molecule has 1 fully saturated rings. The molecule has 1 saturated carbocycles. The Bertz CT molecular complexity index is 389. The van der Waals surface area contributed by atoms with E-state index in [9.17, 15) is 0 Å². The van der Waals surface area contributed by atoms with Crippen LogP contribution < -0.4 is 10.1 Å². The quantitative estimate of drug-likeness (QED) is 0.846. The largest absolute Gasteiger partial charge is 0.481 e. The number of aromatic nitrogens is 1. The molecular weight excluding hydrogens is 248 g/mol. The lowest BCUT2D eigenvalue weighted by Gasteiger charge is -2.39. The summed E-state index contributed by atoms with van der Waals surface area (Å²) in [6.45, 7) is 2.31. The minimum Gasteiger partial charge on any atom is -0.481 e. The molecule has 1 N–H and O–H groups in total. The molecule has 0 aliphatic heterocycles. The van der Waals surface area contributed by atoms with Gasteiger partial charge in [0, 0.05) is 23.8 Å². The molecule has 0 saturated heterocycles. The topological polar surface area (TPSA) is 34.1 Å². The Kier molecular flexibility index (Phi) is 4.33. The van der Waals surface area contributed by atoms with E-state index in [4.69, 9.17) is 16.3 Å². The Hall–Kier alpha value is -0.960. The third-order valence-corrected chi connectivity index (χ3v) is 4.35. The van der Waals surface area contributed by atoms with Gasteiger partial charge in [-0.05, 0) is 37.7 Å². The number of halogens is 1. The normalized spacial score (nSPS) is 27.8. The van der Waals surface area contributed by atoms with E-state index in [0.717, 1.165) is 24.4 Å². The van der Waals surface area contributed by atoms with Gasteiger partial charge in [-0.15, -0.1) is 11.6 Å². The lowest BCUT2D eigenvalue weighted by atomic mass is 9.78. The van der Waals surface area contributed by atoms with Crippen LogP contribution in [0.4, 0.5) is 5.69 Å². The summed E-state index contributed by atoms with van der Waals surface area (Å²) in [5.74, 6) is 2.09. The summed E-state index contributed by atoms with van der Waals surface area (Å²) in [6.07, 6.45) is 6.49. The Morgan fingerprint density at radius 1 is 1.50 bits per heavy atom. The summed E-state index contributed by atoms with van der Waals surface area (Å²) in [7, 11) is 1.63. The molecule has 0 bridgehead atoms. The monoisotopic (exact) mass is 268 g/mol. The van der Waals surface area contributed by atoms with Crippen LogP contribution in [0.2, 0.25) is 0 Å². The summed E-state index contributed by atoms with van der Waals surface area (Å²) in [5, 5.41) is 3.59. The van der Waals surface area contributed by atoms with Crippen molar-refractivity contribution < 1.29 is 4.74 Å². The van der Waals surface area contributed by atoms with E-state index in [-0.39, 0.29) is 5.54 Å². The van der Waals surface area contributed by atoms with Crippen LogP contribution in [0.25, 0.3) is 0 Å². The fourth-order valence-electron chi connectivity index (χ4n) is 2.51. The molecule has 1 aromatic rings. The van der Waals surface area contributed by atoms with Crippen LogP contribution in [-0.2, 0) is 0 Å². The number of rotatable bonds is 4. The average Bonchev–Trinajstić information content (AvgIpc) is 2.42. The Morgan fingerprint density at radius 3 is 2.83 bits per heavy atom. The first-order valence-corrected chi connectivity index (χ1v) is 7.05. The maximum absolute atomic E-state index is 6.20. The number of nitrogens with zero attached hydrogens (tertiary/aromatic N) is 1. The Morgan fingerprint density at radius 2 is 2.22 bits per heavy atom. The van der Waals surface area contributed by atoms with Gasteiger partial charge < -0.3 is 10.1 Å². The zero-order valence-electron chi connectivity index (χ0n) is 11.1. The van der Waals surface area contributed by atoms with Crippen molar-refractivity contribution in [1.82, 2.24) is 4.98 Å². The highest BCUT2D eigenvalue weighted by Gasteiger charge is 2.33. The first kappa shape index (κ1) is 13.5. The molecule has 1 heterocycles. The second-order valence-corrected chi connectivity index (χ2v) is 5.58. The molecule has 2 rings (SSSR count). The van der Waals surface area contributed by atoms with Crippen LogP contribution in [-0.4, -0.2) is 23.5 Å². The molecule has 100 valence electrons.